The summed E-state index contributed by atoms with van der Waals surface area (Å²) in [6.45, 7) is 3.48. The van der Waals surface area contributed by atoms with Crippen LogP contribution in [0.4, 0.5) is 0 Å². The van der Waals surface area contributed by atoms with E-state index < -0.39 is 5.97 Å². The number of nitrogens with zero attached hydrogens (tertiary/aromatic N) is 1. The van der Waals surface area contributed by atoms with Gasteiger partial charge in [0, 0.05) is 24.0 Å². The highest BCUT2D eigenvalue weighted by molar-refractivity contribution is 5.99. The minimum Gasteiger partial charge on any atom is -0.481 e. The van der Waals surface area contributed by atoms with E-state index in [1.165, 1.54) is 5.56 Å². The van der Waals surface area contributed by atoms with E-state index in [1.807, 2.05) is 23.1 Å². The van der Waals surface area contributed by atoms with E-state index in [2.05, 4.69) is 18.0 Å². The standard InChI is InChI=1S/C19H22N2O3/c1-2-11-4-3-5-16-15(11)8-17(20-16)18(22)21-9-13-6-12(19(23)24)7-14(13)10-21/h3-5,8,12-14,20H,2,6-7,9-10H2,1H3,(H,23,24)/t12?,13-,14+. The van der Waals surface area contributed by atoms with Gasteiger partial charge in [-0.3, -0.25) is 9.59 Å². The maximum Gasteiger partial charge on any atom is 0.306 e. The van der Waals surface area contributed by atoms with Gasteiger partial charge in [0.1, 0.15) is 5.69 Å². The predicted molar refractivity (Wildman–Crippen MR) is 90.9 cm³/mol. The minimum absolute atomic E-state index is 0.0366. The van der Waals surface area contributed by atoms with Crippen LogP contribution in [0, 0.1) is 17.8 Å². The summed E-state index contributed by atoms with van der Waals surface area (Å²) < 4.78 is 0. The van der Waals surface area contributed by atoms with E-state index in [-0.39, 0.29) is 11.8 Å². The maximum atomic E-state index is 12.8. The van der Waals surface area contributed by atoms with Crippen molar-refractivity contribution in [3.8, 4) is 0 Å². The van der Waals surface area contributed by atoms with E-state index in [0.717, 1.165) is 17.3 Å². The second kappa shape index (κ2) is 5.65. The zero-order valence-electron chi connectivity index (χ0n) is 13.8. The smallest absolute Gasteiger partial charge is 0.306 e. The molecule has 1 aliphatic carbocycles. The second-order valence-electron chi connectivity index (χ2n) is 7.15. The van der Waals surface area contributed by atoms with Gasteiger partial charge >= 0.3 is 5.97 Å². The largest absolute Gasteiger partial charge is 0.481 e. The monoisotopic (exact) mass is 326 g/mol. The SMILES string of the molecule is CCc1cccc2[nH]c(C(=O)N3C[C@H]4CC(C(=O)O)C[C@H]4C3)cc12. The first-order valence-corrected chi connectivity index (χ1v) is 8.69. The number of aromatic nitrogens is 1. The fourth-order valence-electron chi connectivity index (χ4n) is 4.48. The van der Waals surface area contributed by atoms with Crippen LogP contribution < -0.4 is 0 Å². The quantitative estimate of drug-likeness (QED) is 0.911. The van der Waals surface area contributed by atoms with Gasteiger partial charge in [-0.25, -0.2) is 0 Å². The van der Waals surface area contributed by atoms with Crippen LogP contribution in [-0.2, 0) is 11.2 Å². The molecule has 126 valence electrons. The van der Waals surface area contributed by atoms with Crippen molar-refractivity contribution in [2.75, 3.05) is 13.1 Å². The first kappa shape index (κ1) is 15.2. The number of aryl methyl sites for hydroxylation is 1. The summed E-state index contributed by atoms with van der Waals surface area (Å²) in [6.07, 6.45) is 2.35. The fraction of sp³-hybridized carbons (Fsp3) is 0.474. The zero-order chi connectivity index (χ0) is 16.8. The van der Waals surface area contributed by atoms with Crippen LogP contribution in [0.3, 0.4) is 0 Å². The van der Waals surface area contributed by atoms with Crippen molar-refractivity contribution in [1.82, 2.24) is 9.88 Å². The number of carbonyl (C=O) groups is 2. The van der Waals surface area contributed by atoms with Crippen LogP contribution in [0.15, 0.2) is 24.3 Å². The number of rotatable bonds is 3. The number of carbonyl (C=O) groups excluding carboxylic acids is 1. The third-order valence-electron chi connectivity index (χ3n) is 5.75. The molecule has 24 heavy (non-hydrogen) atoms. The molecule has 1 aromatic heterocycles. The lowest BCUT2D eigenvalue weighted by Gasteiger charge is -2.17. The van der Waals surface area contributed by atoms with Gasteiger partial charge < -0.3 is 15.0 Å². The minimum atomic E-state index is -0.690. The van der Waals surface area contributed by atoms with Crippen LogP contribution in [-0.4, -0.2) is 40.0 Å². The zero-order valence-corrected chi connectivity index (χ0v) is 13.8. The molecule has 1 saturated carbocycles. The summed E-state index contributed by atoms with van der Waals surface area (Å²) in [4.78, 5) is 29.1. The Bertz CT molecular complexity index is 796. The molecule has 5 heteroatoms. The van der Waals surface area contributed by atoms with Crippen molar-refractivity contribution in [3.63, 3.8) is 0 Å². The number of H-pyrrole nitrogens is 1. The van der Waals surface area contributed by atoms with E-state index in [1.54, 1.807) is 0 Å². The molecule has 1 aliphatic heterocycles. The number of amides is 1. The van der Waals surface area contributed by atoms with Gasteiger partial charge in [0.15, 0.2) is 0 Å². The summed E-state index contributed by atoms with van der Waals surface area (Å²) >= 11 is 0. The Labute approximate surface area is 140 Å². The van der Waals surface area contributed by atoms with Crippen molar-refractivity contribution in [3.05, 3.63) is 35.5 Å². The van der Waals surface area contributed by atoms with Crippen LogP contribution in [0.1, 0.15) is 35.8 Å². The third-order valence-corrected chi connectivity index (χ3v) is 5.75. The molecular weight excluding hydrogens is 304 g/mol. The number of aromatic amines is 1. The highest BCUT2D eigenvalue weighted by Crippen LogP contribution is 2.42. The van der Waals surface area contributed by atoms with Crippen LogP contribution in [0.2, 0.25) is 0 Å². The molecule has 1 unspecified atom stereocenters. The molecule has 5 nitrogen and oxygen atoms in total. The summed E-state index contributed by atoms with van der Waals surface area (Å²) in [5, 5.41) is 10.3. The van der Waals surface area contributed by atoms with E-state index in [0.29, 0.717) is 43.5 Å². The summed E-state index contributed by atoms with van der Waals surface area (Å²) in [6, 6.07) is 8.07. The van der Waals surface area contributed by atoms with Crippen molar-refractivity contribution in [2.45, 2.75) is 26.2 Å². The fourth-order valence-corrected chi connectivity index (χ4v) is 4.48. The van der Waals surface area contributed by atoms with Crippen LogP contribution in [0.5, 0.6) is 0 Å². The Morgan fingerprint density at radius 1 is 1.25 bits per heavy atom. The lowest BCUT2D eigenvalue weighted by Crippen LogP contribution is -2.30. The Morgan fingerprint density at radius 3 is 2.58 bits per heavy atom. The number of nitrogens with one attached hydrogen (secondary N) is 1. The van der Waals surface area contributed by atoms with Gasteiger partial charge in [0.05, 0.1) is 5.92 Å². The molecule has 2 N–H and O–H groups in total. The number of fused-ring (bicyclic) bond motifs is 2. The summed E-state index contributed by atoms with van der Waals surface area (Å²) in [5.74, 6) is -0.201. The average Bonchev–Trinajstić information content (AvgIpc) is 3.25. The van der Waals surface area contributed by atoms with Gasteiger partial charge in [0.25, 0.3) is 5.91 Å². The van der Waals surface area contributed by atoms with E-state index >= 15 is 0 Å². The number of aliphatic carboxylic acids is 1. The molecule has 1 saturated heterocycles. The van der Waals surface area contributed by atoms with Gasteiger partial charge in [-0.1, -0.05) is 19.1 Å². The molecule has 0 spiro atoms. The highest BCUT2D eigenvalue weighted by atomic mass is 16.4. The Kier molecular flexibility index (Phi) is 3.59. The van der Waals surface area contributed by atoms with Crippen molar-refractivity contribution in [2.24, 2.45) is 17.8 Å². The van der Waals surface area contributed by atoms with Gasteiger partial charge in [-0.2, -0.15) is 0 Å². The van der Waals surface area contributed by atoms with Gasteiger partial charge in [0.2, 0.25) is 0 Å². The van der Waals surface area contributed by atoms with Gasteiger partial charge in [-0.15, -0.1) is 0 Å². The van der Waals surface area contributed by atoms with Crippen molar-refractivity contribution < 1.29 is 14.7 Å². The topological polar surface area (TPSA) is 73.4 Å². The number of hydrogen-bond donors (Lipinski definition) is 2. The number of likely N-dealkylation sites (tertiary alicyclic amines) is 1. The maximum absolute atomic E-state index is 12.8. The molecule has 2 fully saturated rings. The summed E-state index contributed by atoms with van der Waals surface area (Å²) in [5.41, 5.74) is 2.88. The Morgan fingerprint density at radius 2 is 1.96 bits per heavy atom. The lowest BCUT2D eigenvalue weighted by molar-refractivity contribution is -0.141. The molecule has 3 atom stereocenters. The normalized spacial score (nSPS) is 26.0. The molecule has 2 aliphatic rings. The van der Waals surface area contributed by atoms with E-state index in [4.69, 9.17) is 5.11 Å². The van der Waals surface area contributed by atoms with Gasteiger partial charge in [-0.05, 0) is 48.8 Å². The summed E-state index contributed by atoms with van der Waals surface area (Å²) in [7, 11) is 0. The molecule has 1 aromatic carbocycles. The average molecular weight is 326 g/mol. The molecule has 0 bridgehead atoms. The van der Waals surface area contributed by atoms with Crippen LogP contribution >= 0.6 is 0 Å². The van der Waals surface area contributed by atoms with Crippen molar-refractivity contribution >= 4 is 22.8 Å². The number of carboxylic acid groups (broad SMARTS) is 1. The number of hydrogen-bond acceptors (Lipinski definition) is 2. The molecular formula is C19H22N2O3. The molecule has 2 aromatic rings. The molecule has 2 heterocycles. The molecule has 4 rings (SSSR count). The lowest BCUT2D eigenvalue weighted by atomic mass is 10.0. The van der Waals surface area contributed by atoms with E-state index in [9.17, 15) is 9.59 Å². The Hall–Kier alpha value is -2.30. The first-order chi connectivity index (χ1) is 11.6. The molecule has 0 radical (unpaired) electrons. The Balaban J connectivity index is 1.53. The predicted octanol–water partition coefficient (Wildman–Crippen LogP) is 2.91. The number of carboxylic acids is 1. The second-order valence-corrected chi connectivity index (χ2v) is 7.15. The number of benzene rings is 1. The highest BCUT2D eigenvalue weighted by Gasteiger charge is 2.44. The van der Waals surface area contributed by atoms with Crippen LogP contribution in [0.25, 0.3) is 10.9 Å². The third kappa shape index (κ3) is 2.39. The van der Waals surface area contributed by atoms with Crippen molar-refractivity contribution in [1.29, 1.82) is 0 Å². The molecule has 1 amide bonds. The first-order valence-electron chi connectivity index (χ1n) is 8.69.